The van der Waals surface area contributed by atoms with Gasteiger partial charge >= 0.3 is 5.97 Å². The van der Waals surface area contributed by atoms with Crippen LogP contribution in [0.5, 0.6) is 0 Å². The number of para-hydroxylation sites is 1. The van der Waals surface area contributed by atoms with Gasteiger partial charge in [0.1, 0.15) is 4.88 Å². The molecule has 0 amide bonds. The van der Waals surface area contributed by atoms with Crippen molar-refractivity contribution in [3.8, 4) is 0 Å². The normalized spacial score (nSPS) is 10.5. The van der Waals surface area contributed by atoms with Gasteiger partial charge in [0.2, 0.25) is 0 Å². The molecule has 3 nitrogen and oxygen atoms in total. The number of carboxylic acids is 1. The maximum Gasteiger partial charge on any atom is 0.345 e. The average Bonchev–Trinajstić information content (AvgIpc) is 2.70. The van der Waals surface area contributed by atoms with Crippen molar-refractivity contribution in [2.45, 2.75) is 20.4 Å². The Morgan fingerprint density at radius 1 is 1.42 bits per heavy atom. The summed E-state index contributed by atoms with van der Waals surface area (Å²) in [4.78, 5) is 12.3. The zero-order valence-corrected chi connectivity index (χ0v) is 12.2. The molecule has 0 aliphatic carbocycles. The van der Waals surface area contributed by atoms with Gasteiger partial charge in [0, 0.05) is 11.4 Å². The van der Waals surface area contributed by atoms with Crippen molar-refractivity contribution in [1.82, 2.24) is 0 Å². The minimum atomic E-state index is -0.881. The number of rotatable bonds is 4. The highest BCUT2D eigenvalue weighted by Crippen LogP contribution is 2.27. The number of carboxylic acid groups (broad SMARTS) is 1. The largest absolute Gasteiger partial charge is 0.477 e. The fourth-order valence-electron chi connectivity index (χ4n) is 1.84. The number of anilines is 1. The molecule has 1 aromatic heterocycles. The topological polar surface area (TPSA) is 49.3 Å². The van der Waals surface area contributed by atoms with Gasteiger partial charge in [-0.2, -0.15) is 0 Å². The number of halogens is 1. The molecule has 2 rings (SSSR count). The Bertz CT molecular complexity index is 602. The summed E-state index contributed by atoms with van der Waals surface area (Å²) in [6.07, 6.45) is 0. The number of nitrogens with one attached hydrogen (secondary N) is 1. The van der Waals surface area contributed by atoms with Crippen molar-refractivity contribution in [2.75, 3.05) is 5.32 Å². The van der Waals surface area contributed by atoms with Crippen LogP contribution in [-0.4, -0.2) is 11.1 Å². The molecule has 0 saturated heterocycles. The molecule has 2 aromatic rings. The van der Waals surface area contributed by atoms with E-state index in [1.54, 1.807) is 6.07 Å². The molecule has 0 fully saturated rings. The summed E-state index contributed by atoms with van der Waals surface area (Å²) in [6, 6.07) is 7.43. The molecule has 2 N–H and O–H groups in total. The van der Waals surface area contributed by atoms with Gasteiger partial charge in [-0.3, -0.25) is 0 Å². The second-order valence-electron chi connectivity index (χ2n) is 4.28. The van der Waals surface area contributed by atoms with Crippen molar-refractivity contribution in [2.24, 2.45) is 0 Å². The first kappa shape index (κ1) is 13.9. The van der Waals surface area contributed by atoms with Gasteiger partial charge in [-0.15, -0.1) is 11.3 Å². The number of benzene rings is 1. The first-order valence-corrected chi connectivity index (χ1v) is 7.00. The molecule has 1 aromatic carbocycles. The highest BCUT2D eigenvalue weighted by Gasteiger charge is 2.11. The zero-order valence-electron chi connectivity index (χ0n) is 10.7. The molecule has 0 atom stereocenters. The lowest BCUT2D eigenvalue weighted by Crippen LogP contribution is -2.02. The van der Waals surface area contributed by atoms with E-state index in [0.29, 0.717) is 16.4 Å². The molecular weight excluding hydrogens is 282 g/mol. The molecule has 19 heavy (non-hydrogen) atoms. The van der Waals surface area contributed by atoms with Gasteiger partial charge in [-0.1, -0.05) is 23.7 Å². The van der Waals surface area contributed by atoms with Gasteiger partial charge < -0.3 is 10.4 Å². The van der Waals surface area contributed by atoms with Crippen LogP contribution in [0.2, 0.25) is 5.02 Å². The summed E-state index contributed by atoms with van der Waals surface area (Å²) >= 11 is 7.43. The highest BCUT2D eigenvalue weighted by atomic mass is 35.5. The summed E-state index contributed by atoms with van der Waals surface area (Å²) in [5.74, 6) is -0.881. The fourth-order valence-corrected chi connectivity index (χ4v) is 3.01. The predicted molar refractivity (Wildman–Crippen MR) is 79.5 cm³/mol. The van der Waals surface area contributed by atoms with Crippen LogP contribution in [0.1, 0.15) is 25.7 Å². The average molecular weight is 296 g/mol. The van der Waals surface area contributed by atoms with Gasteiger partial charge in [0.25, 0.3) is 0 Å². The van der Waals surface area contributed by atoms with Crippen LogP contribution in [0.25, 0.3) is 0 Å². The highest BCUT2D eigenvalue weighted by molar-refractivity contribution is 7.14. The van der Waals surface area contributed by atoms with Crippen LogP contribution >= 0.6 is 22.9 Å². The van der Waals surface area contributed by atoms with Crippen LogP contribution < -0.4 is 5.32 Å². The van der Waals surface area contributed by atoms with Gasteiger partial charge in [0.15, 0.2) is 0 Å². The summed E-state index contributed by atoms with van der Waals surface area (Å²) in [5, 5.41) is 12.9. The molecule has 0 spiro atoms. The Morgan fingerprint density at radius 3 is 2.74 bits per heavy atom. The molecule has 0 aliphatic heterocycles. The number of thiophene rings is 1. The monoisotopic (exact) mass is 295 g/mol. The third kappa shape index (κ3) is 3.08. The lowest BCUT2D eigenvalue weighted by molar-refractivity contribution is 0.0702. The van der Waals surface area contributed by atoms with E-state index in [9.17, 15) is 4.79 Å². The third-order valence-electron chi connectivity index (χ3n) is 2.91. The van der Waals surface area contributed by atoms with Crippen LogP contribution in [0.4, 0.5) is 5.69 Å². The van der Waals surface area contributed by atoms with Gasteiger partial charge in [0.05, 0.1) is 10.7 Å². The molecule has 1 heterocycles. The van der Waals surface area contributed by atoms with E-state index in [2.05, 4.69) is 5.32 Å². The Morgan fingerprint density at radius 2 is 2.16 bits per heavy atom. The van der Waals surface area contributed by atoms with Crippen LogP contribution in [0, 0.1) is 13.8 Å². The molecule has 0 bridgehead atoms. The number of carbonyl (C=O) groups is 1. The first-order chi connectivity index (χ1) is 8.99. The lowest BCUT2D eigenvalue weighted by Gasteiger charge is -2.11. The summed E-state index contributed by atoms with van der Waals surface area (Å²) in [6.45, 7) is 4.48. The van der Waals surface area contributed by atoms with E-state index in [1.165, 1.54) is 11.3 Å². The Kier molecular flexibility index (Phi) is 4.12. The molecule has 0 aliphatic rings. The first-order valence-electron chi connectivity index (χ1n) is 5.80. The Balaban J connectivity index is 2.17. The van der Waals surface area contributed by atoms with Crippen molar-refractivity contribution in [1.29, 1.82) is 0 Å². The van der Waals surface area contributed by atoms with Crippen LogP contribution in [0.3, 0.4) is 0 Å². The Labute approximate surface area is 120 Å². The third-order valence-corrected chi connectivity index (χ3v) is 4.30. The quantitative estimate of drug-likeness (QED) is 0.882. The maximum atomic E-state index is 10.9. The fraction of sp³-hybridized carbons (Fsp3) is 0.214. The number of hydrogen-bond donors (Lipinski definition) is 2. The minimum absolute atomic E-state index is 0.366. The van der Waals surface area contributed by atoms with Gasteiger partial charge in [-0.25, -0.2) is 4.79 Å². The van der Waals surface area contributed by atoms with E-state index >= 15 is 0 Å². The van der Waals surface area contributed by atoms with Crippen molar-refractivity contribution in [3.63, 3.8) is 0 Å². The lowest BCUT2D eigenvalue weighted by atomic mass is 10.2. The summed E-state index contributed by atoms with van der Waals surface area (Å²) < 4.78 is 0. The molecule has 0 saturated carbocycles. The van der Waals surface area contributed by atoms with E-state index in [-0.39, 0.29) is 0 Å². The smallest absolute Gasteiger partial charge is 0.345 e. The van der Waals surface area contributed by atoms with Gasteiger partial charge in [-0.05, 0) is 37.1 Å². The Hall–Kier alpha value is -1.52. The van der Waals surface area contributed by atoms with E-state index in [0.717, 1.165) is 21.7 Å². The minimum Gasteiger partial charge on any atom is -0.477 e. The molecular formula is C14H14ClNO2S. The molecule has 0 unspecified atom stereocenters. The van der Waals surface area contributed by atoms with Crippen LogP contribution in [0.15, 0.2) is 24.3 Å². The second-order valence-corrected chi connectivity index (χ2v) is 5.95. The van der Waals surface area contributed by atoms with E-state index in [4.69, 9.17) is 16.7 Å². The number of hydrogen-bond acceptors (Lipinski definition) is 3. The maximum absolute atomic E-state index is 10.9. The molecule has 0 radical (unpaired) electrons. The molecule has 100 valence electrons. The SMILES string of the molecule is Cc1cccc(Cl)c1NCc1cc(C(=O)O)sc1C. The van der Waals surface area contributed by atoms with E-state index in [1.807, 2.05) is 32.0 Å². The summed E-state index contributed by atoms with van der Waals surface area (Å²) in [7, 11) is 0. The number of aromatic carboxylic acids is 1. The zero-order chi connectivity index (χ0) is 14.0. The van der Waals surface area contributed by atoms with Crippen molar-refractivity contribution < 1.29 is 9.90 Å². The predicted octanol–water partition coefficient (Wildman–Crippen LogP) is 4.33. The van der Waals surface area contributed by atoms with Crippen molar-refractivity contribution in [3.05, 3.63) is 50.2 Å². The standard InChI is InChI=1S/C14H14ClNO2S/c1-8-4-3-5-11(15)13(8)16-7-10-6-12(14(17)18)19-9(10)2/h3-6,16H,7H2,1-2H3,(H,17,18). The van der Waals surface area contributed by atoms with E-state index < -0.39 is 5.97 Å². The summed E-state index contributed by atoms with van der Waals surface area (Å²) in [5.41, 5.74) is 2.95. The molecule has 5 heteroatoms. The number of aryl methyl sites for hydroxylation is 2. The van der Waals surface area contributed by atoms with Crippen LogP contribution in [-0.2, 0) is 6.54 Å². The second kappa shape index (κ2) is 5.63. The van der Waals surface area contributed by atoms with Crippen molar-refractivity contribution >= 4 is 34.6 Å².